The lowest BCUT2D eigenvalue weighted by Gasteiger charge is -2.24. The quantitative estimate of drug-likeness (QED) is 0.345. The summed E-state index contributed by atoms with van der Waals surface area (Å²) in [5.41, 5.74) is 0.938. The first-order chi connectivity index (χ1) is 13.2. The molecule has 0 amide bonds. The first-order valence-corrected chi connectivity index (χ1v) is 9.32. The molecule has 154 valence electrons. The average molecular weight is 500 g/mol. The van der Waals surface area contributed by atoms with Crippen LogP contribution >= 0.6 is 24.0 Å². The lowest BCUT2D eigenvalue weighted by molar-refractivity contribution is 0.181. The SMILES string of the molecule is CCNC(=NCc1nc(-c2ccc(OC)cc2)n[nH]1)N(C)CC1CCOC1.I. The lowest BCUT2D eigenvalue weighted by atomic mass is 10.1. The number of H-pyrrole nitrogens is 1. The fourth-order valence-corrected chi connectivity index (χ4v) is 3.06. The van der Waals surface area contributed by atoms with Gasteiger partial charge in [-0.05, 0) is 37.6 Å². The second-order valence-electron chi connectivity index (χ2n) is 6.61. The van der Waals surface area contributed by atoms with E-state index in [4.69, 9.17) is 14.5 Å². The first-order valence-electron chi connectivity index (χ1n) is 9.32. The molecule has 0 bridgehead atoms. The molecule has 1 aromatic heterocycles. The molecule has 1 aromatic carbocycles. The third-order valence-corrected chi connectivity index (χ3v) is 4.51. The van der Waals surface area contributed by atoms with E-state index in [1.165, 1.54) is 0 Å². The van der Waals surface area contributed by atoms with E-state index in [1.54, 1.807) is 7.11 Å². The molecule has 1 aliphatic heterocycles. The Balaban J connectivity index is 0.00000280. The fraction of sp³-hybridized carbons (Fsp3) is 0.526. The van der Waals surface area contributed by atoms with Crippen molar-refractivity contribution in [1.82, 2.24) is 25.4 Å². The summed E-state index contributed by atoms with van der Waals surface area (Å²) in [7, 11) is 3.71. The van der Waals surface area contributed by atoms with Crippen LogP contribution in [0, 0.1) is 5.92 Å². The van der Waals surface area contributed by atoms with Crippen LogP contribution in [0.2, 0.25) is 0 Å². The Morgan fingerprint density at radius 2 is 2.18 bits per heavy atom. The summed E-state index contributed by atoms with van der Waals surface area (Å²) in [6, 6.07) is 7.68. The molecular formula is C19H29IN6O2. The number of ether oxygens (including phenoxy) is 2. The second kappa shape index (κ2) is 11.2. The van der Waals surface area contributed by atoms with Crippen molar-refractivity contribution in [3.05, 3.63) is 30.1 Å². The van der Waals surface area contributed by atoms with E-state index in [9.17, 15) is 0 Å². The third-order valence-electron chi connectivity index (χ3n) is 4.51. The van der Waals surface area contributed by atoms with Crippen LogP contribution < -0.4 is 10.1 Å². The van der Waals surface area contributed by atoms with Gasteiger partial charge in [-0.25, -0.2) is 9.98 Å². The second-order valence-corrected chi connectivity index (χ2v) is 6.61. The van der Waals surface area contributed by atoms with Gasteiger partial charge in [0.2, 0.25) is 0 Å². The summed E-state index contributed by atoms with van der Waals surface area (Å²) in [4.78, 5) is 11.4. The number of rotatable bonds is 7. The van der Waals surface area contributed by atoms with Crippen LogP contribution in [0.15, 0.2) is 29.3 Å². The number of hydrogen-bond acceptors (Lipinski definition) is 5. The minimum Gasteiger partial charge on any atom is -0.497 e. The number of nitrogens with one attached hydrogen (secondary N) is 2. The van der Waals surface area contributed by atoms with Crippen LogP contribution in [-0.2, 0) is 11.3 Å². The average Bonchev–Trinajstić information content (AvgIpc) is 3.37. The van der Waals surface area contributed by atoms with E-state index in [-0.39, 0.29) is 24.0 Å². The third kappa shape index (κ3) is 6.06. The van der Waals surface area contributed by atoms with Gasteiger partial charge in [0.25, 0.3) is 0 Å². The smallest absolute Gasteiger partial charge is 0.194 e. The van der Waals surface area contributed by atoms with Gasteiger partial charge in [-0.15, -0.1) is 24.0 Å². The zero-order valence-corrected chi connectivity index (χ0v) is 19.0. The lowest BCUT2D eigenvalue weighted by Crippen LogP contribution is -2.41. The number of nitrogens with zero attached hydrogens (tertiary/aromatic N) is 4. The van der Waals surface area contributed by atoms with Gasteiger partial charge in [0.1, 0.15) is 18.1 Å². The molecule has 8 nitrogen and oxygen atoms in total. The number of guanidine groups is 1. The van der Waals surface area contributed by atoms with Gasteiger partial charge in [0.05, 0.1) is 13.7 Å². The minimum atomic E-state index is 0. The molecule has 1 fully saturated rings. The molecule has 0 aliphatic carbocycles. The maximum Gasteiger partial charge on any atom is 0.194 e. The molecule has 1 atom stereocenters. The van der Waals surface area contributed by atoms with Gasteiger partial charge in [-0.2, -0.15) is 5.10 Å². The summed E-state index contributed by atoms with van der Waals surface area (Å²) in [5.74, 6) is 3.63. The van der Waals surface area contributed by atoms with Gasteiger partial charge in [0.15, 0.2) is 11.8 Å². The molecule has 2 aromatic rings. The molecule has 28 heavy (non-hydrogen) atoms. The highest BCUT2D eigenvalue weighted by atomic mass is 127. The van der Waals surface area contributed by atoms with Crippen molar-refractivity contribution in [2.24, 2.45) is 10.9 Å². The topological polar surface area (TPSA) is 87.7 Å². The van der Waals surface area contributed by atoms with Crippen LogP contribution in [0.1, 0.15) is 19.2 Å². The zero-order chi connectivity index (χ0) is 19.1. The van der Waals surface area contributed by atoms with E-state index in [0.29, 0.717) is 18.3 Å². The predicted molar refractivity (Wildman–Crippen MR) is 120 cm³/mol. The van der Waals surface area contributed by atoms with Crippen LogP contribution in [-0.4, -0.2) is 66.5 Å². The highest BCUT2D eigenvalue weighted by Crippen LogP contribution is 2.19. The zero-order valence-electron chi connectivity index (χ0n) is 16.6. The molecule has 0 saturated carbocycles. The summed E-state index contributed by atoms with van der Waals surface area (Å²) in [6.07, 6.45) is 1.11. The molecule has 3 rings (SSSR count). The molecule has 2 heterocycles. The van der Waals surface area contributed by atoms with E-state index < -0.39 is 0 Å². The highest BCUT2D eigenvalue weighted by Gasteiger charge is 2.19. The Morgan fingerprint density at radius 3 is 2.82 bits per heavy atom. The molecule has 1 saturated heterocycles. The standard InChI is InChI=1S/C19H28N6O2.HI/c1-4-20-19(25(2)12-14-9-10-27-13-14)21-11-17-22-18(24-23-17)15-5-7-16(26-3)8-6-15;/h5-8,14H,4,9-13H2,1-3H3,(H,20,21)(H,22,23,24);1H. The summed E-state index contributed by atoms with van der Waals surface area (Å²) in [6.45, 7) is 5.95. The summed E-state index contributed by atoms with van der Waals surface area (Å²) in [5, 5.41) is 10.6. The van der Waals surface area contributed by atoms with Crippen molar-refractivity contribution in [2.45, 2.75) is 19.9 Å². The Morgan fingerprint density at radius 1 is 1.39 bits per heavy atom. The Hall–Kier alpha value is -1.88. The van der Waals surface area contributed by atoms with E-state index in [0.717, 1.165) is 55.8 Å². The number of aromatic amines is 1. The van der Waals surface area contributed by atoms with Crippen LogP contribution in [0.3, 0.4) is 0 Å². The summed E-state index contributed by atoms with van der Waals surface area (Å²) >= 11 is 0. The van der Waals surface area contributed by atoms with Gasteiger partial charge in [-0.1, -0.05) is 0 Å². The summed E-state index contributed by atoms with van der Waals surface area (Å²) < 4.78 is 10.7. The van der Waals surface area contributed by atoms with Crippen molar-refractivity contribution >= 4 is 29.9 Å². The highest BCUT2D eigenvalue weighted by molar-refractivity contribution is 14.0. The number of methoxy groups -OCH3 is 1. The van der Waals surface area contributed by atoms with Crippen molar-refractivity contribution < 1.29 is 9.47 Å². The van der Waals surface area contributed by atoms with E-state index in [2.05, 4.69) is 39.4 Å². The molecule has 1 unspecified atom stereocenters. The monoisotopic (exact) mass is 500 g/mol. The largest absolute Gasteiger partial charge is 0.497 e. The molecule has 0 radical (unpaired) electrons. The van der Waals surface area contributed by atoms with Gasteiger partial charge >= 0.3 is 0 Å². The Kier molecular flexibility index (Phi) is 8.97. The Labute approximate surface area is 183 Å². The maximum absolute atomic E-state index is 5.47. The maximum atomic E-state index is 5.47. The first kappa shape index (κ1) is 22.4. The minimum absolute atomic E-state index is 0. The van der Waals surface area contributed by atoms with Crippen molar-refractivity contribution in [2.75, 3.05) is 40.5 Å². The molecule has 2 N–H and O–H groups in total. The number of halogens is 1. The molecule has 9 heteroatoms. The van der Waals surface area contributed by atoms with E-state index >= 15 is 0 Å². The van der Waals surface area contributed by atoms with Crippen LogP contribution in [0.25, 0.3) is 11.4 Å². The number of aliphatic imine (C=N–C) groups is 1. The van der Waals surface area contributed by atoms with Crippen molar-refractivity contribution in [1.29, 1.82) is 0 Å². The molecule has 1 aliphatic rings. The van der Waals surface area contributed by atoms with Crippen molar-refractivity contribution in [3.8, 4) is 17.1 Å². The van der Waals surface area contributed by atoms with Gasteiger partial charge in [-0.3, -0.25) is 5.10 Å². The number of hydrogen-bond donors (Lipinski definition) is 2. The van der Waals surface area contributed by atoms with Gasteiger partial charge in [0, 0.05) is 38.2 Å². The van der Waals surface area contributed by atoms with E-state index in [1.807, 2.05) is 24.3 Å². The Bertz CT molecular complexity index is 743. The van der Waals surface area contributed by atoms with Crippen LogP contribution in [0.5, 0.6) is 5.75 Å². The normalized spacial score (nSPS) is 16.5. The predicted octanol–water partition coefficient (Wildman–Crippen LogP) is 2.53. The van der Waals surface area contributed by atoms with Crippen LogP contribution in [0.4, 0.5) is 0 Å². The fourth-order valence-electron chi connectivity index (χ4n) is 3.06. The number of benzene rings is 1. The van der Waals surface area contributed by atoms with Crippen molar-refractivity contribution in [3.63, 3.8) is 0 Å². The molecular weight excluding hydrogens is 471 g/mol. The molecule has 0 spiro atoms. The number of aromatic nitrogens is 3. The van der Waals surface area contributed by atoms with Gasteiger partial charge < -0.3 is 19.7 Å².